The fourth-order valence-corrected chi connectivity index (χ4v) is 2.19. The highest BCUT2D eigenvalue weighted by atomic mass is 16.7. The van der Waals surface area contributed by atoms with Crippen molar-refractivity contribution in [1.82, 2.24) is 0 Å². The van der Waals surface area contributed by atoms with E-state index in [9.17, 15) is 4.79 Å². The summed E-state index contributed by atoms with van der Waals surface area (Å²) in [6, 6.07) is 15.0. The highest BCUT2D eigenvalue weighted by Gasteiger charge is 2.13. The van der Waals surface area contributed by atoms with Crippen molar-refractivity contribution in [2.24, 2.45) is 0 Å². The van der Waals surface area contributed by atoms with Gasteiger partial charge in [0.2, 0.25) is 6.79 Å². The molecule has 5 heteroatoms. The van der Waals surface area contributed by atoms with Gasteiger partial charge >= 0.3 is 5.97 Å². The van der Waals surface area contributed by atoms with Crippen LogP contribution in [0.3, 0.4) is 0 Å². The maximum atomic E-state index is 11.7. The van der Waals surface area contributed by atoms with Crippen molar-refractivity contribution in [3.63, 3.8) is 0 Å². The van der Waals surface area contributed by atoms with Crippen LogP contribution in [0.1, 0.15) is 18.4 Å². The molecule has 0 fully saturated rings. The van der Waals surface area contributed by atoms with Crippen LogP contribution >= 0.6 is 0 Å². The van der Waals surface area contributed by atoms with Gasteiger partial charge in [-0.25, -0.2) is 0 Å². The molecule has 0 saturated carbocycles. The molecular weight excluding hydrogens is 296 g/mol. The van der Waals surface area contributed by atoms with Crippen LogP contribution in [-0.4, -0.2) is 19.4 Å². The molecule has 0 amide bonds. The third kappa shape index (κ3) is 4.39. The van der Waals surface area contributed by atoms with E-state index < -0.39 is 0 Å². The molecule has 0 N–H and O–H groups in total. The lowest BCUT2D eigenvalue weighted by Crippen LogP contribution is -2.07. The van der Waals surface area contributed by atoms with Crippen molar-refractivity contribution in [1.29, 1.82) is 0 Å². The van der Waals surface area contributed by atoms with Gasteiger partial charge in [0, 0.05) is 6.42 Å². The summed E-state index contributed by atoms with van der Waals surface area (Å²) >= 11 is 0. The molecule has 0 unspecified atom stereocenters. The summed E-state index contributed by atoms with van der Waals surface area (Å²) < 4.78 is 21.3. The lowest BCUT2D eigenvalue weighted by atomic mass is 10.2. The van der Waals surface area contributed by atoms with Crippen molar-refractivity contribution >= 4 is 5.97 Å². The Morgan fingerprint density at radius 2 is 1.87 bits per heavy atom. The molecular formula is C18H18O5. The Morgan fingerprint density at radius 1 is 1.04 bits per heavy atom. The first-order valence-electron chi connectivity index (χ1n) is 7.53. The number of para-hydroxylation sites is 1. The predicted molar refractivity (Wildman–Crippen MR) is 83.5 cm³/mol. The minimum Gasteiger partial charge on any atom is -0.494 e. The van der Waals surface area contributed by atoms with E-state index in [1.807, 2.05) is 48.5 Å². The molecule has 0 aromatic heterocycles. The smallest absolute Gasteiger partial charge is 0.306 e. The Hall–Kier alpha value is -2.69. The molecule has 1 aliphatic heterocycles. The van der Waals surface area contributed by atoms with Gasteiger partial charge in [0.05, 0.1) is 6.61 Å². The molecule has 120 valence electrons. The van der Waals surface area contributed by atoms with Crippen molar-refractivity contribution in [2.75, 3.05) is 13.4 Å². The maximum absolute atomic E-state index is 11.7. The fraction of sp³-hybridized carbons (Fsp3) is 0.278. The fourth-order valence-electron chi connectivity index (χ4n) is 2.19. The second-order valence-corrected chi connectivity index (χ2v) is 5.11. The summed E-state index contributed by atoms with van der Waals surface area (Å²) in [6.45, 7) is 0.956. The molecule has 0 radical (unpaired) electrons. The number of ether oxygens (including phenoxy) is 4. The lowest BCUT2D eigenvalue weighted by molar-refractivity contribution is -0.145. The van der Waals surface area contributed by atoms with E-state index in [4.69, 9.17) is 18.9 Å². The predicted octanol–water partition coefficient (Wildman–Crippen LogP) is 3.32. The molecule has 5 nitrogen and oxygen atoms in total. The first kappa shape index (κ1) is 15.2. The molecule has 3 rings (SSSR count). The first-order valence-corrected chi connectivity index (χ1v) is 7.53. The van der Waals surface area contributed by atoms with Gasteiger partial charge in [-0.1, -0.05) is 24.3 Å². The highest BCUT2D eigenvalue weighted by Crippen LogP contribution is 2.32. The van der Waals surface area contributed by atoms with Gasteiger partial charge in [-0.05, 0) is 36.2 Å². The van der Waals surface area contributed by atoms with Crippen LogP contribution in [0.2, 0.25) is 0 Å². The molecule has 0 aliphatic carbocycles. The van der Waals surface area contributed by atoms with Crippen LogP contribution in [0.25, 0.3) is 0 Å². The van der Waals surface area contributed by atoms with Gasteiger partial charge in [-0.15, -0.1) is 0 Å². The molecule has 23 heavy (non-hydrogen) atoms. The Bertz CT molecular complexity index is 654. The minimum atomic E-state index is -0.237. The second-order valence-electron chi connectivity index (χ2n) is 5.11. The molecule has 1 heterocycles. The van der Waals surface area contributed by atoms with Crippen molar-refractivity contribution in [3.05, 3.63) is 54.1 Å². The Balaban J connectivity index is 1.35. The largest absolute Gasteiger partial charge is 0.494 e. The molecule has 2 aromatic rings. The summed E-state index contributed by atoms with van der Waals surface area (Å²) in [4.78, 5) is 11.7. The second kappa shape index (κ2) is 7.54. The van der Waals surface area contributed by atoms with E-state index in [1.165, 1.54) is 0 Å². The molecule has 0 spiro atoms. The van der Waals surface area contributed by atoms with Gasteiger partial charge in [0.15, 0.2) is 11.5 Å². The summed E-state index contributed by atoms with van der Waals surface area (Å²) in [7, 11) is 0. The van der Waals surface area contributed by atoms with E-state index in [2.05, 4.69) is 0 Å². The van der Waals surface area contributed by atoms with E-state index in [0.717, 1.165) is 17.1 Å². The third-order valence-electron chi connectivity index (χ3n) is 3.37. The van der Waals surface area contributed by atoms with E-state index in [1.54, 1.807) is 0 Å². The SMILES string of the molecule is O=C(CCCOc1ccccc1)OCc1ccc2c(c1)OCO2. The summed E-state index contributed by atoms with van der Waals surface area (Å²) in [5.41, 5.74) is 0.878. The summed E-state index contributed by atoms with van der Waals surface area (Å²) in [6.07, 6.45) is 0.951. The lowest BCUT2D eigenvalue weighted by Gasteiger charge is -2.07. The van der Waals surface area contributed by atoms with Crippen LogP contribution in [0.4, 0.5) is 0 Å². The molecule has 0 saturated heterocycles. The van der Waals surface area contributed by atoms with E-state index in [0.29, 0.717) is 25.2 Å². The third-order valence-corrected chi connectivity index (χ3v) is 3.37. The number of benzene rings is 2. The summed E-state index contributed by atoms with van der Waals surface area (Å²) in [5, 5.41) is 0. The Labute approximate surface area is 134 Å². The number of carbonyl (C=O) groups is 1. The molecule has 1 aliphatic rings. The van der Waals surface area contributed by atoms with Crippen LogP contribution in [0, 0.1) is 0 Å². The number of carbonyl (C=O) groups excluding carboxylic acids is 1. The summed E-state index contributed by atoms with van der Waals surface area (Å²) in [5.74, 6) is 1.98. The van der Waals surface area contributed by atoms with Crippen molar-refractivity contribution in [2.45, 2.75) is 19.4 Å². The molecule has 0 bridgehead atoms. The minimum absolute atomic E-state index is 0.231. The maximum Gasteiger partial charge on any atom is 0.306 e. The molecule has 0 atom stereocenters. The standard InChI is InChI=1S/C18H18O5/c19-18(7-4-10-20-15-5-2-1-3-6-15)21-12-14-8-9-16-17(11-14)23-13-22-16/h1-3,5-6,8-9,11H,4,7,10,12-13H2. The van der Waals surface area contributed by atoms with Gasteiger partial charge in [0.25, 0.3) is 0 Å². The van der Waals surface area contributed by atoms with Gasteiger partial charge in [-0.3, -0.25) is 4.79 Å². The van der Waals surface area contributed by atoms with Crippen LogP contribution in [0.5, 0.6) is 17.2 Å². The average Bonchev–Trinajstić information content (AvgIpc) is 3.05. The average molecular weight is 314 g/mol. The van der Waals surface area contributed by atoms with Crippen LogP contribution in [-0.2, 0) is 16.1 Å². The quantitative estimate of drug-likeness (QED) is 0.579. The zero-order chi connectivity index (χ0) is 15.9. The van der Waals surface area contributed by atoms with Gasteiger partial charge in [0.1, 0.15) is 12.4 Å². The first-order chi connectivity index (χ1) is 11.3. The zero-order valence-electron chi connectivity index (χ0n) is 12.7. The number of esters is 1. The Kier molecular flexibility index (Phi) is 4.99. The topological polar surface area (TPSA) is 54.0 Å². The number of hydrogen-bond donors (Lipinski definition) is 0. The number of hydrogen-bond acceptors (Lipinski definition) is 5. The van der Waals surface area contributed by atoms with Crippen LogP contribution < -0.4 is 14.2 Å². The zero-order valence-corrected chi connectivity index (χ0v) is 12.7. The normalized spacial score (nSPS) is 12.0. The van der Waals surface area contributed by atoms with E-state index >= 15 is 0 Å². The van der Waals surface area contributed by atoms with Gasteiger partial charge in [-0.2, -0.15) is 0 Å². The monoisotopic (exact) mass is 314 g/mol. The molecule has 2 aromatic carbocycles. The number of fused-ring (bicyclic) bond motifs is 1. The highest BCUT2D eigenvalue weighted by molar-refractivity contribution is 5.69. The Morgan fingerprint density at radius 3 is 2.74 bits per heavy atom. The van der Waals surface area contributed by atoms with E-state index in [-0.39, 0.29) is 19.4 Å². The van der Waals surface area contributed by atoms with Crippen LogP contribution in [0.15, 0.2) is 48.5 Å². The van der Waals surface area contributed by atoms with Crippen molar-refractivity contribution < 1.29 is 23.7 Å². The van der Waals surface area contributed by atoms with Gasteiger partial charge < -0.3 is 18.9 Å². The van der Waals surface area contributed by atoms with Crippen molar-refractivity contribution in [3.8, 4) is 17.2 Å². The number of rotatable bonds is 7.